The molecule has 2 heterocycles. The average Bonchev–Trinajstić information content (AvgIpc) is 3.31. The van der Waals surface area contributed by atoms with Crippen molar-refractivity contribution in [2.75, 3.05) is 20.3 Å². The molecule has 0 aliphatic heterocycles. The van der Waals surface area contributed by atoms with E-state index in [-0.39, 0.29) is 31.8 Å². The zero-order chi connectivity index (χ0) is 25.0. The van der Waals surface area contributed by atoms with Crippen LogP contribution in [-0.2, 0) is 5.60 Å². The first-order chi connectivity index (χ1) is 16.8. The van der Waals surface area contributed by atoms with Crippen LogP contribution in [0.4, 0.5) is 0 Å². The first-order valence-corrected chi connectivity index (χ1v) is 12.3. The van der Waals surface area contributed by atoms with Crippen LogP contribution in [-0.4, -0.2) is 41.3 Å². The molecule has 1 atom stereocenters. The number of hydrogen-bond acceptors (Lipinski definition) is 7. The van der Waals surface area contributed by atoms with Gasteiger partial charge in [-0.2, -0.15) is 0 Å². The van der Waals surface area contributed by atoms with Crippen molar-refractivity contribution in [3.63, 3.8) is 0 Å². The SMILES string of the molecule is COc1cc(C(=O)CCC(C)(O)c2cccc(-c3csc4c(C)cccc34)n2)ccc1OCCO. The number of aryl methyl sites for hydroxylation is 1. The zero-order valence-corrected chi connectivity index (χ0v) is 20.9. The summed E-state index contributed by atoms with van der Waals surface area (Å²) < 4.78 is 12.0. The maximum Gasteiger partial charge on any atom is 0.163 e. The highest BCUT2D eigenvalue weighted by Gasteiger charge is 2.27. The summed E-state index contributed by atoms with van der Waals surface area (Å²) >= 11 is 1.69. The van der Waals surface area contributed by atoms with Crippen LogP contribution < -0.4 is 9.47 Å². The fourth-order valence-corrected chi connectivity index (χ4v) is 5.07. The number of Topliss-reactive ketones (excluding diaryl/α,β-unsaturated/α-hetero) is 1. The summed E-state index contributed by atoms with van der Waals surface area (Å²) in [5.74, 6) is 0.763. The quantitative estimate of drug-likeness (QED) is 0.284. The van der Waals surface area contributed by atoms with Crippen LogP contribution in [0.1, 0.15) is 41.4 Å². The van der Waals surface area contributed by atoms with Crippen molar-refractivity contribution >= 4 is 27.2 Å². The highest BCUT2D eigenvalue weighted by Crippen LogP contribution is 2.36. The lowest BCUT2D eigenvalue weighted by molar-refractivity contribution is 0.0398. The zero-order valence-electron chi connectivity index (χ0n) is 20.1. The molecule has 0 bridgehead atoms. The molecule has 6 nitrogen and oxygen atoms in total. The molecular weight excluding hydrogens is 462 g/mol. The Morgan fingerprint density at radius 2 is 1.91 bits per heavy atom. The summed E-state index contributed by atoms with van der Waals surface area (Å²) in [6.45, 7) is 3.81. The van der Waals surface area contributed by atoms with E-state index in [1.165, 1.54) is 17.4 Å². The van der Waals surface area contributed by atoms with Gasteiger partial charge in [-0.15, -0.1) is 11.3 Å². The Morgan fingerprint density at radius 1 is 1.11 bits per heavy atom. The second-order valence-corrected chi connectivity index (χ2v) is 9.52. The van der Waals surface area contributed by atoms with Crippen molar-refractivity contribution in [1.29, 1.82) is 0 Å². The van der Waals surface area contributed by atoms with Gasteiger partial charge in [-0.3, -0.25) is 4.79 Å². The van der Waals surface area contributed by atoms with E-state index in [0.29, 0.717) is 22.8 Å². The molecule has 0 fully saturated rings. The number of carbonyl (C=O) groups is 1. The molecule has 1 unspecified atom stereocenters. The Hall–Kier alpha value is -3.26. The second kappa shape index (κ2) is 10.6. The molecule has 0 amide bonds. The Bertz CT molecular complexity index is 1340. The van der Waals surface area contributed by atoms with E-state index in [1.54, 1.807) is 42.5 Å². The summed E-state index contributed by atoms with van der Waals surface area (Å²) in [5, 5.41) is 23.4. The molecule has 4 aromatic rings. The van der Waals surface area contributed by atoms with E-state index in [4.69, 9.17) is 19.6 Å². The lowest BCUT2D eigenvalue weighted by Crippen LogP contribution is -2.24. The van der Waals surface area contributed by atoms with Gasteiger partial charge in [0.2, 0.25) is 0 Å². The summed E-state index contributed by atoms with van der Waals surface area (Å²) in [6.07, 6.45) is 0.357. The van der Waals surface area contributed by atoms with Crippen LogP contribution in [0.15, 0.2) is 60.0 Å². The number of fused-ring (bicyclic) bond motifs is 1. The van der Waals surface area contributed by atoms with Gasteiger partial charge in [0.25, 0.3) is 0 Å². The molecule has 182 valence electrons. The maximum atomic E-state index is 12.9. The van der Waals surface area contributed by atoms with E-state index in [9.17, 15) is 9.90 Å². The minimum absolute atomic E-state index is 0.115. The van der Waals surface area contributed by atoms with E-state index >= 15 is 0 Å². The first-order valence-electron chi connectivity index (χ1n) is 11.5. The summed E-state index contributed by atoms with van der Waals surface area (Å²) in [7, 11) is 1.50. The minimum Gasteiger partial charge on any atom is -0.493 e. The molecule has 4 rings (SSSR count). The Labute approximate surface area is 208 Å². The number of carbonyl (C=O) groups excluding carboxylic acids is 1. The largest absolute Gasteiger partial charge is 0.493 e. The smallest absolute Gasteiger partial charge is 0.163 e. The van der Waals surface area contributed by atoms with Crippen molar-refractivity contribution in [1.82, 2.24) is 4.98 Å². The average molecular weight is 492 g/mol. The molecule has 35 heavy (non-hydrogen) atoms. The molecule has 0 saturated heterocycles. The number of benzene rings is 2. The number of aliphatic hydroxyl groups excluding tert-OH is 1. The molecule has 7 heteroatoms. The highest BCUT2D eigenvalue weighted by atomic mass is 32.1. The number of aliphatic hydroxyl groups is 2. The van der Waals surface area contributed by atoms with Gasteiger partial charge in [-0.1, -0.05) is 24.3 Å². The normalized spacial score (nSPS) is 12.9. The van der Waals surface area contributed by atoms with E-state index in [1.807, 2.05) is 18.2 Å². The first kappa shape index (κ1) is 24.9. The van der Waals surface area contributed by atoms with Gasteiger partial charge in [0.05, 0.1) is 25.1 Å². The summed E-state index contributed by atoms with van der Waals surface area (Å²) in [5.41, 5.74) is 2.79. The number of aromatic nitrogens is 1. The minimum atomic E-state index is -1.28. The van der Waals surface area contributed by atoms with Gasteiger partial charge in [0.1, 0.15) is 12.2 Å². The van der Waals surface area contributed by atoms with Crippen LogP contribution in [0.5, 0.6) is 11.5 Å². The summed E-state index contributed by atoms with van der Waals surface area (Å²) in [6, 6.07) is 16.8. The van der Waals surface area contributed by atoms with Crippen LogP contribution >= 0.6 is 11.3 Å². The fraction of sp³-hybridized carbons (Fsp3) is 0.286. The van der Waals surface area contributed by atoms with Crippen LogP contribution in [0.25, 0.3) is 21.3 Å². The topological polar surface area (TPSA) is 88.9 Å². The third-order valence-corrected chi connectivity index (χ3v) is 7.18. The monoisotopic (exact) mass is 491 g/mol. The number of pyridine rings is 1. The number of nitrogens with zero attached hydrogens (tertiary/aromatic N) is 1. The molecule has 0 radical (unpaired) electrons. The lowest BCUT2D eigenvalue weighted by Gasteiger charge is -2.23. The lowest BCUT2D eigenvalue weighted by atomic mass is 9.92. The standard InChI is InChI=1S/C28H29NO5S/c1-18-6-4-7-20-21(17-35-27(18)20)22-8-5-9-26(29-22)28(2,32)13-12-23(31)19-10-11-24(34-15-14-30)25(16-19)33-3/h4-11,16-17,30,32H,12-15H2,1-3H3. The van der Waals surface area contributed by atoms with Crippen LogP contribution in [0.3, 0.4) is 0 Å². The number of rotatable bonds is 10. The van der Waals surface area contributed by atoms with Crippen LogP contribution in [0, 0.1) is 6.92 Å². The molecule has 0 spiro atoms. The molecular formula is C28H29NO5S. The van der Waals surface area contributed by atoms with Gasteiger partial charge in [-0.05, 0) is 56.2 Å². The van der Waals surface area contributed by atoms with Gasteiger partial charge >= 0.3 is 0 Å². The predicted octanol–water partition coefficient (Wildman–Crippen LogP) is 5.52. The van der Waals surface area contributed by atoms with Crippen molar-refractivity contribution in [3.05, 3.63) is 76.8 Å². The third kappa shape index (κ3) is 5.37. The number of ether oxygens (including phenoxy) is 2. The van der Waals surface area contributed by atoms with E-state index in [2.05, 4.69) is 24.4 Å². The predicted molar refractivity (Wildman–Crippen MR) is 139 cm³/mol. The second-order valence-electron chi connectivity index (χ2n) is 8.64. The summed E-state index contributed by atoms with van der Waals surface area (Å²) in [4.78, 5) is 17.7. The van der Waals surface area contributed by atoms with Gasteiger partial charge in [0, 0.05) is 33.0 Å². The number of methoxy groups -OCH3 is 1. The molecule has 0 aliphatic carbocycles. The van der Waals surface area contributed by atoms with E-state index in [0.717, 1.165) is 16.6 Å². The molecule has 2 N–H and O–H groups in total. The van der Waals surface area contributed by atoms with Gasteiger partial charge in [0.15, 0.2) is 17.3 Å². The van der Waals surface area contributed by atoms with Crippen molar-refractivity contribution in [3.8, 4) is 22.8 Å². The van der Waals surface area contributed by atoms with Crippen LogP contribution in [0.2, 0.25) is 0 Å². The number of hydrogen-bond donors (Lipinski definition) is 2. The Kier molecular flexibility index (Phi) is 7.50. The van der Waals surface area contributed by atoms with E-state index < -0.39 is 5.60 Å². The Morgan fingerprint density at radius 3 is 2.69 bits per heavy atom. The van der Waals surface area contributed by atoms with Crippen molar-refractivity contribution < 1.29 is 24.5 Å². The molecule has 0 aliphatic rings. The molecule has 0 saturated carbocycles. The van der Waals surface area contributed by atoms with Gasteiger partial charge in [-0.25, -0.2) is 4.98 Å². The highest BCUT2D eigenvalue weighted by molar-refractivity contribution is 7.18. The molecule has 2 aromatic heterocycles. The number of ketones is 1. The Balaban J connectivity index is 1.51. The number of thiophene rings is 1. The molecule has 2 aromatic carbocycles. The van der Waals surface area contributed by atoms with Gasteiger partial charge < -0.3 is 19.7 Å². The maximum absolute atomic E-state index is 12.9. The van der Waals surface area contributed by atoms with Crippen molar-refractivity contribution in [2.24, 2.45) is 0 Å². The fourth-order valence-electron chi connectivity index (χ4n) is 4.03. The van der Waals surface area contributed by atoms with Crippen molar-refractivity contribution in [2.45, 2.75) is 32.3 Å². The third-order valence-electron chi connectivity index (χ3n) is 6.05.